The number of halogens is 2. The van der Waals surface area contributed by atoms with Crippen molar-refractivity contribution in [3.63, 3.8) is 0 Å². The maximum atomic E-state index is 13.0. The summed E-state index contributed by atoms with van der Waals surface area (Å²) < 4.78 is 26.0. The first-order chi connectivity index (χ1) is 9.08. The van der Waals surface area contributed by atoms with Crippen molar-refractivity contribution in [1.29, 1.82) is 0 Å². The molecule has 0 aliphatic carbocycles. The predicted octanol–water partition coefficient (Wildman–Crippen LogP) is 3.78. The minimum atomic E-state index is -0.772. The Kier molecular flexibility index (Phi) is 3.90. The maximum Gasteiger partial charge on any atom is 0.255 e. The molecule has 2 nitrogen and oxygen atoms in total. The van der Waals surface area contributed by atoms with E-state index >= 15 is 0 Å². The van der Waals surface area contributed by atoms with E-state index in [1.165, 1.54) is 0 Å². The third-order valence-electron chi connectivity index (χ3n) is 2.74. The quantitative estimate of drug-likeness (QED) is 0.895. The lowest BCUT2D eigenvalue weighted by Gasteiger charge is -2.06. The van der Waals surface area contributed by atoms with Gasteiger partial charge in [0.25, 0.3) is 5.91 Å². The van der Waals surface area contributed by atoms with Gasteiger partial charge in [0.15, 0.2) is 0 Å². The summed E-state index contributed by atoms with van der Waals surface area (Å²) in [6.45, 7) is 2.03. The second kappa shape index (κ2) is 5.61. The molecule has 0 aliphatic rings. The summed E-state index contributed by atoms with van der Waals surface area (Å²) in [6, 6.07) is 10.0. The van der Waals surface area contributed by atoms with Crippen LogP contribution in [-0.2, 0) is 6.42 Å². The van der Waals surface area contributed by atoms with E-state index in [0.29, 0.717) is 5.69 Å². The van der Waals surface area contributed by atoms with Gasteiger partial charge in [0, 0.05) is 17.3 Å². The van der Waals surface area contributed by atoms with Crippen molar-refractivity contribution < 1.29 is 13.6 Å². The van der Waals surface area contributed by atoms with Gasteiger partial charge in [-0.15, -0.1) is 0 Å². The SMILES string of the molecule is CCc1ccc(NC(=O)c2cc(F)cc(F)c2)cc1. The molecule has 2 aromatic carbocycles. The lowest BCUT2D eigenvalue weighted by Crippen LogP contribution is -2.12. The van der Waals surface area contributed by atoms with Crippen LogP contribution in [0.3, 0.4) is 0 Å². The number of hydrogen-bond donors (Lipinski definition) is 1. The van der Waals surface area contributed by atoms with Crippen molar-refractivity contribution in [2.75, 3.05) is 5.32 Å². The Bertz CT molecular complexity index is 573. The smallest absolute Gasteiger partial charge is 0.255 e. The standard InChI is InChI=1S/C15H13F2NO/c1-2-10-3-5-14(6-4-10)18-15(19)11-7-12(16)9-13(17)8-11/h3-9H,2H2,1H3,(H,18,19). The van der Waals surface area contributed by atoms with Crippen LogP contribution >= 0.6 is 0 Å². The Balaban J connectivity index is 2.15. The Morgan fingerprint density at radius 3 is 2.16 bits per heavy atom. The topological polar surface area (TPSA) is 29.1 Å². The molecule has 0 bridgehead atoms. The number of carbonyl (C=O) groups excluding carboxylic acids is 1. The van der Waals surface area contributed by atoms with Crippen LogP contribution in [0.4, 0.5) is 14.5 Å². The molecule has 0 atom stereocenters. The fourth-order valence-electron chi connectivity index (χ4n) is 1.71. The largest absolute Gasteiger partial charge is 0.322 e. The highest BCUT2D eigenvalue weighted by Crippen LogP contribution is 2.13. The molecule has 19 heavy (non-hydrogen) atoms. The molecule has 0 heterocycles. The van der Waals surface area contributed by atoms with E-state index in [0.717, 1.165) is 30.2 Å². The Morgan fingerprint density at radius 2 is 1.63 bits per heavy atom. The van der Waals surface area contributed by atoms with Crippen LogP contribution in [0.15, 0.2) is 42.5 Å². The normalized spacial score (nSPS) is 10.3. The first-order valence-electron chi connectivity index (χ1n) is 5.95. The van der Waals surface area contributed by atoms with Gasteiger partial charge in [-0.25, -0.2) is 8.78 Å². The van der Waals surface area contributed by atoms with Gasteiger partial charge in [0.1, 0.15) is 11.6 Å². The van der Waals surface area contributed by atoms with Crippen LogP contribution in [-0.4, -0.2) is 5.91 Å². The molecule has 0 fully saturated rings. The molecular weight excluding hydrogens is 248 g/mol. The third kappa shape index (κ3) is 3.37. The molecule has 2 aromatic rings. The van der Waals surface area contributed by atoms with Crippen LogP contribution in [0.5, 0.6) is 0 Å². The summed E-state index contributed by atoms with van der Waals surface area (Å²) in [5.41, 5.74) is 1.69. The zero-order chi connectivity index (χ0) is 13.8. The number of hydrogen-bond acceptors (Lipinski definition) is 1. The maximum absolute atomic E-state index is 13.0. The lowest BCUT2D eigenvalue weighted by molar-refractivity contribution is 0.102. The van der Waals surface area contributed by atoms with Crippen molar-refractivity contribution in [3.05, 3.63) is 65.2 Å². The molecule has 98 valence electrons. The second-order valence-electron chi connectivity index (χ2n) is 4.16. The number of amides is 1. The van der Waals surface area contributed by atoms with E-state index in [9.17, 15) is 13.6 Å². The summed E-state index contributed by atoms with van der Waals surface area (Å²) >= 11 is 0. The van der Waals surface area contributed by atoms with Crippen molar-refractivity contribution >= 4 is 11.6 Å². The Morgan fingerprint density at radius 1 is 1.05 bits per heavy atom. The van der Waals surface area contributed by atoms with Gasteiger partial charge >= 0.3 is 0 Å². The summed E-state index contributed by atoms with van der Waals surface area (Å²) in [5.74, 6) is -2.08. The zero-order valence-corrected chi connectivity index (χ0v) is 10.4. The lowest BCUT2D eigenvalue weighted by atomic mass is 10.1. The number of rotatable bonds is 3. The first-order valence-corrected chi connectivity index (χ1v) is 5.95. The van der Waals surface area contributed by atoms with E-state index in [1.807, 2.05) is 19.1 Å². The van der Waals surface area contributed by atoms with Gasteiger partial charge in [0.05, 0.1) is 0 Å². The molecule has 0 saturated carbocycles. The minimum absolute atomic E-state index is 0.0444. The highest BCUT2D eigenvalue weighted by molar-refractivity contribution is 6.04. The molecular formula is C15H13F2NO. The number of aryl methyl sites for hydroxylation is 1. The van der Waals surface area contributed by atoms with Crippen molar-refractivity contribution in [2.45, 2.75) is 13.3 Å². The van der Waals surface area contributed by atoms with E-state index in [1.54, 1.807) is 12.1 Å². The summed E-state index contributed by atoms with van der Waals surface area (Å²) in [7, 11) is 0. The number of carbonyl (C=O) groups is 1. The van der Waals surface area contributed by atoms with Gasteiger partial charge in [-0.3, -0.25) is 4.79 Å². The summed E-state index contributed by atoms with van der Waals surface area (Å²) in [6.07, 6.45) is 0.906. The van der Waals surface area contributed by atoms with Crippen molar-refractivity contribution in [2.24, 2.45) is 0 Å². The van der Waals surface area contributed by atoms with Crippen LogP contribution < -0.4 is 5.32 Å². The van der Waals surface area contributed by atoms with Crippen LogP contribution in [0.1, 0.15) is 22.8 Å². The van der Waals surface area contributed by atoms with Crippen molar-refractivity contribution in [1.82, 2.24) is 0 Å². The molecule has 1 N–H and O–H groups in total. The fraction of sp³-hybridized carbons (Fsp3) is 0.133. The number of nitrogens with one attached hydrogen (secondary N) is 1. The van der Waals surface area contributed by atoms with Crippen molar-refractivity contribution in [3.8, 4) is 0 Å². The van der Waals surface area contributed by atoms with Crippen LogP contribution in [0.25, 0.3) is 0 Å². The van der Waals surface area contributed by atoms with Gasteiger partial charge < -0.3 is 5.32 Å². The monoisotopic (exact) mass is 261 g/mol. The van der Waals surface area contributed by atoms with E-state index in [2.05, 4.69) is 5.32 Å². The van der Waals surface area contributed by atoms with E-state index in [4.69, 9.17) is 0 Å². The molecule has 0 aromatic heterocycles. The van der Waals surface area contributed by atoms with E-state index in [-0.39, 0.29) is 5.56 Å². The summed E-state index contributed by atoms with van der Waals surface area (Å²) in [5, 5.41) is 2.59. The molecule has 0 saturated heterocycles. The minimum Gasteiger partial charge on any atom is -0.322 e. The average molecular weight is 261 g/mol. The molecule has 2 rings (SSSR count). The predicted molar refractivity (Wildman–Crippen MR) is 70.1 cm³/mol. The van der Waals surface area contributed by atoms with Gasteiger partial charge in [-0.05, 0) is 36.2 Å². The number of benzene rings is 2. The fourth-order valence-corrected chi connectivity index (χ4v) is 1.71. The Hall–Kier alpha value is -2.23. The van der Waals surface area contributed by atoms with Gasteiger partial charge in [-0.2, -0.15) is 0 Å². The molecule has 0 aliphatic heterocycles. The molecule has 0 unspecified atom stereocenters. The zero-order valence-electron chi connectivity index (χ0n) is 10.4. The highest BCUT2D eigenvalue weighted by atomic mass is 19.1. The molecule has 0 radical (unpaired) electrons. The second-order valence-corrected chi connectivity index (χ2v) is 4.16. The molecule has 4 heteroatoms. The Labute approximate surface area is 110 Å². The number of anilines is 1. The van der Waals surface area contributed by atoms with Gasteiger partial charge in [-0.1, -0.05) is 19.1 Å². The molecule has 0 spiro atoms. The molecule has 1 amide bonds. The summed E-state index contributed by atoms with van der Waals surface area (Å²) in [4.78, 5) is 11.8. The van der Waals surface area contributed by atoms with Crippen LogP contribution in [0.2, 0.25) is 0 Å². The average Bonchev–Trinajstić information content (AvgIpc) is 2.38. The third-order valence-corrected chi connectivity index (χ3v) is 2.74. The van der Waals surface area contributed by atoms with Gasteiger partial charge in [0.2, 0.25) is 0 Å². The first kappa shape index (κ1) is 13.2. The van der Waals surface area contributed by atoms with Crippen LogP contribution in [0, 0.1) is 11.6 Å². The van der Waals surface area contributed by atoms with E-state index < -0.39 is 17.5 Å². The highest BCUT2D eigenvalue weighted by Gasteiger charge is 2.09.